The zero-order valence-corrected chi connectivity index (χ0v) is 9.37. The van der Waals surface area contributed by atoms with Gasteiger partial charge in [-0.2, -0.15) is 0 Å². The van der Waals surface area contributed by atoms with Crippen LogP contribution in [-0.4, -0.2) is 44.4 Å². The van der Waals surface area contributed by atoms with E-state index < -0.39 is 12.3 Å². The quantitative estimate of drug-likeness (QED) is 0.365. The van der Waals surface area contributed by atoms with Gasteiger partial charge in [0.2, 0.25) is 6.29 Å². The van der Waals surface area contributed by atoms with E-state index in [9.17, 15) is 4.79 Å². The van der Waals surface area contributed by atoms with Crippen molar-refractivity contribution in [3.05, 3.63) is 12.2 Å². The molecule has 0 fully saturated rings. The predicted octanol–water partition coefficient (Wildman–Crippen LogP) is 1.03. The van der Waals surface area contributed by atoms with Crippen molar-refractivity contribution in [2.75, 3.05) is 27.2 Å². The van der Waals surface area contributed by atoms with Crippen molar-refractivity contribution in [1.82, 2.24) is 4.90 Å². The molecule has 0 rings (SSSR count). The van der Waals surface area contributed by atoms with Gasteiger partial charge in [-0.05, 0) is 27.9 Å². The topological polar surface area (TPSA) is 38.8 Å². The standard InChI is InChI=1S/C10H19NO3/c1-8(2)10(12)14-9(3)13-7-6-11(4)5/h9H,1,6-7H2,2-5H3. The highest BCUT2D eigenvalue weighted by Crippen LogP contribution is 1.99. The molecule has 0 N–H and O–H groups in total. The van der Waals surface area contributed by atoms with Crippen LogP contribution in [0.5, 0.6) is 0 Å². The van der Waals surface area contributed by atoms with E-state index in [2.05, 4.69) is 6.58 Å². The molecule has 82 valence electrons. The van der Waals surface area contributed by atoms with Crippen LogP contribution in [-0.2, 0) is 14.3 Å². The number of rotatable bonds is 6. The molecule has 0 aliphatic heterocycles. The Morgan fingerprint density at radius 3 is 2.50 bits per heavy atom. The summed E-state index contributed by atoms with van der Waals surface area (Å²) >= 11 is 0. The number of likely N-dealkylation sites (N-methyl/N-ethyl adjacent to an activating group) is 1. The van der Waals surface area contributed by atoms with Crippen molar-refractivity contribution in [2.24, 2.45) is 0 Å². The molecule has 0 heterocycles. The molecule has 0 radical (unpaired) electrons. The Kier molecular flexibility index (Phi) is 6.16. The number of carbonyl (C=O) groups excluding carboxylic acids is 1. The molecule has 0 saturated carbocycles. The maximum absolute atomic E-state index is 11.0. The Morgan fingerprint density at radius 1 is 1.50 bits per heavy atom. The van der Waals surface area contributed by atoms with Gasteiger partial charge < -0.3 is 14.4 Å². The molecule has 0 bridgehead atoms. The van der Waals surface area contributed by atoms with Crippen molar-refractivity contribution in [2.45, 2.75) is 20.1 Å². The lowest BCUT2D eigenvalue weighted by atomic mass is 10.4. The van der Waals surface area contributed by atoms with Crippen LogP contribution in [0.2, 0.25) is 0 Å². The minimum atomic E-state index is -0.515. The number of nitrogens with zero attached hydrogens (tertiary/aromatic N) is 1. The van der Waals surface area contributed by atoms with Crippen LogP contribution in [0.15, 0.2) is 12.2 Å². The second kappa shape index (κ2) is 6.56. The molecule has 0 aliphatic rings. The maximum Gasteiger partial charge on any atom is 0.335 e. The lowest BCUT2D eigenvalue weighted by molar-refractivity contribution is -0.170. The van der Waals surface area contributed by atoms with E-state index in [4.69, 9.17) is 9.47 Å². The van der Waals surface area contributed by atoms with Gasteiger partial charge in [0.15, 0.2) is 0 Å². The fourth-order valence-electron chi connectivity index (χ4n) is 0.687. The monoisotopic (exact) mass is 201 g/mol. The van der Waals surface area contributed by atoms with Crippen LogP contribution in [0.1, 0.15) is 13.8 Å². The van der Waals surface area contributed by atoms with E-state index in [-0.39, 0.29) is 0 Å². The van der Waals surface area contributed by atoms with Gasteiger partial charge in [0, 0.05) is 12.1 Å². The molecule has 4 nitrogen and oxygen atoms in total. The van der Waals surface area contributed by atoms with E-state index in [1.165, 1.54) is 0 Å². The van der Waals surface area contributed by atoms with E-state index >= 15 is 0 Å². The van der Waals surface area contributed by atoms with Gasteiger partial charge in [-0.1, -0.05) is 6.58 Å². The van der Waals surface area contributed by atoms with Crippen molar-refractivity contribution in [1.29, 1.82) is 0 Å². The Bertz CT molecular complexity index is 202. The van der Waals surface area contributed by atoms with E-state index in [1.54, 1.807) is 13.8 Å². The van der Waals surface area contributed by atoms with Gasteiger partial charge in [0.25, 0.3) is 0 Å². The molecule has 0 amide bonds. The first-order valence-corrected chi connectivity index (χ1v) is 4.56. The third kappa shape index (κ3) is 6.62. The first kappa shape index (κ1) is 13.1. The molecule has 0 aliphatic carbocycles. The first-order valence-electron chi connectivity index (χ1n) is 4.56. The van der Waals surface area contributed by atoms with Gasteiger partial charge in [0.05, 0.1) is 6.61 Å². The van der Waals surface area contributed by atoms with Crippen molar-refractivity contribution in [3.63, 3.8) is 0 Å². The SMILES string of the molecule is C=C(C)C(=O)OC(C)OCCN(C)C. The number of carbonyl (C=O) groups is 1. The Balaban J connectivity index is 3.60. The van der Waals surface area contributed by atoms with Crippen LogP contribution >= 0.6 is 0 Å². The van der Waals surface area contributed by atoms with Gasteiger partial charge >= 0.3 is 5.97 Å². The highest BCUT2D eigenvalue weighted by Gasteiger charge is 2.09. The molecule has 0 aromatic carbocycles. The minimum absolute atomic E-state index is 0.382. The summed E-state index contributed by atoms with van der Waals surface area (Å²) in [5.41, 5.74) is 0.382. The van der Waals surface area contributed by atoms with Gasteiger partial charge in [-0.3, -0.25) is 0 Å². The summed E-state index contributed by atoms with van der Waals surface area (Å²) in [5, 5.41) is 0. The Morgan fingerprint density at radius 2 is 2.07 bits per heavy atom. The largest absolute Gasteiger partial charge is 0.433 e. The van der Waals surface area contributed by atoms with E-state index in [1.807, 2.05) is 19.0 Å². The van der Waals surface area contributed by atoms with Gasteiger partial charge in [-0.25, -0.2) is 4.79 Å². The predicted molar refractivity (Wildman–Crippen MR) is 54.9 cm³/mol. The van der Waals surface area contributed by atoms with Crippen molar-refractivity contribution >= 4 is 5.97 Å². The third-order valence-electron chi connectivity index (χ3n) is 1.51. The lowest BCUT2D eigenvalue weighted by Crippen LogP contribution is -2.24. The molecule has 14 heavy (non-hydrogen) atoms. The fourth-order valence-corrected chi connectivity index (χ4v) is 0.687. The summed E-state index contributed by atoms with van der Waals surface area (Å²) < 4.78 is 10.2. The summed E-state index contributed by atoms with van der Waals surface area (Å²) in [6.45, 7) is 8.12. The van der Waals surface area contributed by atoms with Crippen molar-refractivity contribution < 1.29 is 14.3 Å². The normalized spacial score (nSPS) is 12.6. The molecule has 0 spiro atoms. The summed E-state index contributed by atoms with van der Waals surface area (Å²) in [5.74, 6) is -0.414. The molecule has 1 atom stereocenters. The smallest absolute Gasteiger partial charge is 0.335 e. The van der Waals surface area contributed by atoms with Crippen LogP contribution in [0, 0.1) is 0 Å². The highest BCUT2D eigenvalue weighted by molar-refractivity contribution is 5.86. The van der Waals surface area contributed by atoms with E-state index in [0.717, 1.165) is 6.54 Å². The number of hydrogen-bond acceptors (Lipinski definition) is 4. The third-order valence-corrected chi connectivity index (χ3v) is 1.51. The van der Waals surface area contributed by atoms with Crippen LogP contribution in [0.3, 0.4) is 0 Å². The average Bonchev–Trinajstić information content (AvgIpc) is 2.02. The fraction of sp³-hybridized carbons (Fsp3) is 0.700. The number of esters is 1. The minimum Gasteiger partial charge on any atom is -0.433 e. The molecule has 0 saturated heterocycles. The zero-order valence-electron chi connectivity index (χ0n) is 9.37. The highest BCUT2D eigenvalue weighted by atomic mass is 16.7. The number of ether oxygens (including phenoxy) is 2. The molecule has 1 unspecified atom stereocenters. The Labute approximate surface area is 85.5 Å². The van der Waals surface area contributed by atoms with Crippen LogP contribution in [0.25, 0.3) is 0 Å². The lowest BCUT2D eigenvalue weighted by Gasteiger charge is -2.15. The van der Waals surface area contributed by atoms with Crippen LogP contribution < -0.4 is 0 Å². The zero-order chi connectivity index (χ0) is 11.1. The summed E-state index contributed by atoms with van der Waals surface area (Å²) in [6.07, 6.45) is -0.515. The molecular weight excluding hydrogens is 182 g/mol. The summed E-state index contributed by atoms with van der Waals surface area (Å²) in [7, 11) is 3.90. The molecule has 0 aromatic heterocycles. The Hall–Kier alpha value is -0.870. The van der Waals surface area contributed by atoms with Crippen LogP contribution in [0.4, 0.5) is 0 Å². The first-order chi connectivity index (χ1) is 6.43. The summed E-state index contributed by atoms with van der Waals surface area (Å²) in [6, 6.07) is 0. The molecular formula is C10H19NO3. The second-order valence-corrected chi connectivity index (χ2v) is 3.43. The average molecular weight is 201 g/mol. The molecule has 0 aromatic rings. The number of hydrogen-bond donors (Lipinski definition) is 0. The molecule has 4 heteroatoms. The van der Waals surface area contributed by atoms with Gasteiger partial charge in [-0.15, -0.1) is 0 Å². The maximum atomic E-state index is 11.0. The van der Waals surface area contributed by atoms with Gasteiger partial charge in [0.1, 0.15) is 0 Å². The summed E-state index contributed by atoms with van der Waals surface area (Å²) in [4.78, 5) is 13.0. The van der Waals surface area contributed by atoms with Crippen molar-refractivity contribution in [3.8, 4) is 0 Å². The second-order valence-electron chi connectivity index (χ2n) is 3.43. The van der Waals surface area contributed by atoms with E-state index in [0.29, 0.717) is 12.2 Å².